The maximum atomic E-state index is 13.0. The molecule has 0 bridgehead atoms. The summed E-state index contributed by atoms with van der Waals surface area (Å²) in [6.07, 6.45) is 0.637. The third-order valence-electron chi connectivity index (χ3n) is 4.76. The molecule has 0 atom stereocenters. The Hall–Kier alpha value is -2.45. The normalized spacial score (nSPS) is 16.5. The van der Waals surface area contributed by atoms with Crippen LogP contribution in [-0.2, 0) is 21.5 Å². The lowest BCUT2D eigenvalue weighted by Crippen LogP contribution is -2.55. The van der Waals surface area contributed by atoms with Crippen LogP contribution in [0.5, 0.6) is 5.75 Å². The molecule has 1 amide bonds. The van der Waals surface area contributed by atoms with E-state index in [1.165, 1.54) is 35.6 Å². The molecular formula is C22H27FN2O4S. The van der Waals surface area contributed by atoms with Crippen LogP contribution in [-0.4, -0.2) is 30.6 Å². The molecule has 0 saturated heterocycles. The number of benzene rings is 1. The number of carbonyl (C=O) groups is 2. The van der Waals surface area contributed by atoms with Gasteiger partial charge in [0.2, 0.25) is 0 Å². The number of carbonyl (C=O) groups excluding carboxylic acids is 2. The summed E-state index contributed by atoms with van der Waals surface area (Å²) < 4.78 is 23.7. The van der Waals surface area contributed by atoms with Crippen LogP contribution in [0.4, 0.5) is 9.39 Å². The number of anilines is 1. The van der Waals surface area contributed by atoms with Gasteiger partial charge in [0.05, 0.1) is 12.2 Å². The average Bonchev–Trinajstić information content (AvgIpc) is 2.98. The molecule has 162 valence electrons. The largest absolute Gasteiger partial charge is 0.484 e. The van der Waals surface area contributed by atoms with Gasteiger partial charge in [-0.3, -0.25) is 4.79 Å². The van der Waals surface area contributed by atoms with Crippen LogP contribution >= 0.6 is 11.3 Å². The summed E-state index contributed by atoms with van der Waals surface area (Å²) in [4.78, 5) is 26.3. The first-order valence-electron chi connectivity index (χ1n) is 9.83. The zero-order valence-electron chi connectivity index (χ0n) is 17.8. The van der Waals surface area contributed by atoms with Gasteiger partial charge >= 0.3 is 5.97 Å². The third kappa shape index (κ3) is 4.82. The monoisotopic (exact) mass is 434 g/mol. The first-order valence-corrected chi connectivity index (χ1v) is 10.6. The summed E-state index contributed by atoms with van der Waals surface area (Å²) in [5.74, 6) is -0.851. The van der Waals surface area contributed by atoms with Crippen LogP contribution in [0.3, 0.4) is 0 Å². The Kier molecular flexibility index (Phi) is 6.19. The molecule has 2 aromatic rings. The Morgan fingerprint density at radius 2 is 1.87 bits per heavy atom. The smallest absolute Gasteiger partial charge is 0.341 e. The topological polar surface area (TPSA) is 76.7 Å². The fraction of sp³-hybridized carbons (Fsp3) is 0.455. The highest BCUT2D eigenvalue weighted by molar-refractivity contribution is 7.17. The SMILES string of the molecule is CCOC(=O)c1c(NC(=O)COc2ccc(F)cc2)sc2c1CC(C)(C)NC2(C)C. The number of nitrogens with one attached hydrogen (secondary N) is 2. The van der Waals surface area contributed by atoms with Gasteiger partial charge in [0, 0.05) is 16.0 Å². The number of amides is 1. The minimum Gasteiger partial charge on any atom is -0.484 e. The van der Waals surface area contributed by atoms with E-state index in [0.717, 1.165) is 10.4 Å². The van der Waals surface area contributed by atoms with Crippen molar-refractivity contribution in [2.75, 3.05) is 18.5 Å². The number of rotatable bonds is 6. The van der Waals surface area contributed by atoms with Crippen molar-refractivity contribution >= 4 is 28.2 Å². The number of fused-ring (bicyclic) bond motifs is 1. The van der Waals surface area contributed by atoms with Crippen molar-refractivity contribution < 1.29 is 23.5 Å². The zero-order chi connectivity index (χ0) is 22.1. The Balaban J connectivity index is 1.86. The van der Waals surface area contributed by atoms with E-state index in [0.29, 0.717) is 22.7 Å². The molecule has 1 aromatic carbocycles. The highest BCUT2D eigenvalue weighted by Crippen LogP contribution is 2.45. The maximum Gasteiger partial charge on any atom is 0.341 e. The Morgan fingerprint density at radius 1 is 1.20 bits per heavy atom. The number of halogens is 1. The van der Waals surface area contributed by atoms with Crippen LogP contribution < -0.4 is 15.4 Å². The van der Waals surface area contributed by atoms with E-state index in [1.54, 1.807) is 6.92 Å². The van der Waals surface area contributed by atoms with E-state index in [1.807, 2.05) is 0 Å². The lowest BCUT2D eigenvalue weighted by Gasteiger charge is -2.42. The molecule has 2 N–H and O–H groups in total. The quantitative estimate of drug-likeness (QED) is 0.665. The van der Waals surface area contributed by atoms with Gasteiger partial charge in [-0.15, -0.1) is 11.3 Å². The third-order valence-corrected chi connectivity index (χ3v) is 6.23. The molecule has 1 aromatic heterocycles. The van der Waals surface area contributed by atoms with E-state index in [4.69, 9.17) is 9.47 Å². The van der Waals surface area contributed by atoms with Crippen molar-refractivity contribution in [2.45, 2.75) is 52.1 Å². The fourth-order valence-electron chi connectivity index (χ4n) is 3.88. The molecular weight excluding hydrogens is 407 g/mol. The molecule has 3 rings (SSSR count). The van der Waals surface area contributed by atoms with E-state index >= 15 is 0 Å². The molecule has 0 spiro atoms. The minimum absolute atomic E-state index is 0.216. The summed E-state index contributed by atoms with van der Waals surface area (Å²) in [5, 5.41) is 6.86. The van der Waals surface area contributed by atoms with E-state index < -0.39 is 11.9 Å². The molecule has 2 heterocycles. The van der Waals surface area contributed by atoms with Gasteiger partial charge in [0.1, 0.15) is 16.6 Å². The minimum atomic E-state index is -0.446. The Bertz CT molecular complexity index is 951. The van der Waals surface area contributed by atoms with Gasteiger partial charge in [0.15, 0.2) is 6.61 Å². The highest BCUT2D eigenvalue weighted by Gasteiger charge is 2.42. The van der Waals surface area contributed by atoms with E-state index in [9.17, 15) is 14.0 Å². The van der Waals surface area contributed by atoms with Gasteiger partial charge in [-0.1, -0.05) is 0 Å². The van der Waals surface area contributed by atoms with Crippen LogP contribution in [0.1, 0.15) is 55.4 Å². The highest BCUT2D eigenvalue weighted by atomic mass is 32.1. The van der Waals surface area contributed by atoms with Crippen molar-refractivity contribution in [1.29, 1.82) is 0 Å². The van der Waals surface area contributed by atoms with Crippen molar-refractivity contribution in [3.05, 3.63) is 46.1 Å². The lowest BCUT2D eigenvalue weighted by atomic mass is 9.81. The molecule has 0 fully saturated rings. The second-order valence-electron chi connectivity index (χ2n) is 8.44. The molecule has 8 heteroatoms. The number of hydrogen-bond donors (Lipinski definition) is 2. The molecule has 6 nitrogen and oxygen atoms in total. The molecule has 0 unspecified atom stereocenters. The molecule has 1 aliphatic heterocycles. The first-order chi connectivity index (χ1) is 14.0. The van der Waals surface area contributed by atoms with Crippen LogP contribution in [0.25, 0.3) is 0 Å². The average molecular weight is 435 g/mol. The number of hydrogen-bond acceptors (Lipinski definition) is 6. The molecule has 0 saturated carbocycles. The molecule has 0 aliphatic carbocycles. The summed E-state index contributed by atoms with van der Waals surface area (Å²) in [5.41, 5.74) is 0.735. The number of ether oxygens (including phenoxy) is 2. The van der Waals surface area contributed by atoms with Gasteiger partial charge in [-0.25, -0.2) is 9.18 Å². The van der Waals surface area contributed by atoms with Crippen LogP contribution in [0, 0.1) is 5.82 Å². The number of esters is 1. The van der Waals surface area contributed by atoms with Gasteiger partial charge in [-0.2, -0.15) is 0 Å². The van der Waals surface area contributed by atoms with Gasteiger partial charge in [-0.05, 0) is 70.9 Å². The maximum absolute atomic E-state index is 13.0. The van der Waals surface area contributed by atoms with Crippen molar-refractivity contribution in [3.8, 4) is 5.75 Å². The molecule has 1 aliphatic rings. The van der Waals surface area contributed by atoms with Gasteiger partial charge in [0.25, 0.3) is 5.91 Å². The van der Waals surface area contributed by atoms with Crippen LogP contribution in [0.15, 0.2) is 24.3 Å². The predicted octanol–water partition coefficient (Wildman–Crippen LogP) is 4.24. The summed E-state index contributed by atoms with van der Waals surface area (Å²) >= 11 is 1.38. The first kappa shape index (κ1) is 22.2. The van der Waals surface area contributed by atoms with Crippen molar-refractivity contribution in [3.63, 3.8) is 0 Å². The number of thiophene rings is 1. The van der Waals surface area contributed by atoms with Gasteiger partial charge < -0.3 is 20.1 Å². The van der Waals surface area contributed by atoms with E-state index in [2.05, 4.69) is 38.3 Å². The summed E-state index contributed by atoms with van der Waals surface area (Å²) in [7, 11) is 0. The second kappa shape index (κ2) is 8.35. The summed E-state index contributed by atoms with van der Waals surface area (Å²) in [6, 6.07) is 5.42. The van der Waals surface area contributed by atoms with Crippen LogP contribution in [0.2, 0.25) is 0 Å². The second-order valence-corrected chi connectivity index (χ2v) is 9.46. The van der Waals surface area contributed by atoms with Crippen molar-refractivity contribution in [2.24, 2.45) is 0 Å². The lowest BCUT2D eigenvalue weighted by molar-refractivity contribution is -0.118. The molecule has 30 heavy (non-hydrogen) atoms. The fourth-order valence-corrected chi connectivity index (χ4v) is 5.16. The standard InChI is InChI=1S/C22H27FN2O4S/c1-6-28-20(27)17-15-11-21(2,3)25-22(4,5)18(15)30-19(17)24-16(26)12-29-14-9-7-13(23)8-10-14/h7-10,25H,6,11-12H2,1-5H3,(H,24,26). The molecule has 0 radical (unpaired) electrons. The Labute approximate surface area is 179 Å². The summed E-state index contributed by atoms with van der Waals surface area (Å²) in [6.45, 7) is 10.0. The van der Waals surface area contributed by atoms with Crippen molar-refractivity contribution in [1.82, 2.24) is 5.32 Å². The zero-order valence-corrected chi connectivity index (χ0v) is 18.7. The predicted molar refractivity (Wildman–Crippen MR) is 115 cm³/mol. The van der Waals surface area contributed by atoms with E-state index in [-0.39, 0.29) is 30.1 Å². The Morgan fingerprint density at radius 3 is 2.50 bits per heavy atom.